The Bertz CT molecular complexity index is 1190. The van der Waals surface area contributed by atoms with Gasteiger partial charge in [0.25, 0.3) is 0 Å². The fourth-order valence-corrected chi connectivity index (χ4v) is 11.8. The number of esters is 1. The third-order valence-electron chi connectivity index (χ3n) is 17.3. The minimum absolute atomic E-state index is 0.0197. The molecule has 0 aromatic heterocycles. The highest BCUT2D eigenvalue weighted by Crippen LogP contribution is 2.19. The zero-order chi connectivity index (χ0) is 57.1. The van der Waals surface area contributed by atoms with Crippen molar-refractivity contribution in [1.82, 2.24) is 5.32 Å². The van der Waals surface area contributed by atoms with Gasteiger partial charge in [-0.2, -0.15) is 0 Å². The van der Waals surface area contributed by atoms with Gasteiger partial charge < -0.3 is 20.3 Å². The van der Waals surface area contributed by atoms with Crippen molar-refractivity contribution in [2.24, 2.45) is 0 Å². The van der Waals surface area contributed by atoms with Crippen molar-refractivity contribution >= 4 is 11.9 Å². The van der Waals surface area contributed by atoms with Gasteiger partial charge in [0, 0.05) is 12.8 Å². The molecule has 3 N–H and O–H groups in total. The Morgan fingerprint density at radius 1 is 0.342 bits per heavy atom. The van der Waals surface area contributed by atoms with E-state index in [-0.39, 0.29) is 18.5 Å². The van der Waals surface area contributed by atoms with E-state index in [0.717, 1.165) is 38.5 Å². The molecule has 0 aliphatic carbocycles. The van der Waals surface area contributed by atoms with Gasteiger partial charge >= 0.3 is 5.97 Å². The van der Waals surface area contributed by atoms with Crippen molar-refractivity contribution in [3.63, 3.8) is 0 Å². The summed E-state index contributed by atoms with van der Waals surface area (Å²) < 4.78 is 5.49. The average molecular weight is 1110 g/mol. The molecule has 2 unspecified atom stereocenters. The Labute approximate surface area is 495 Å². The molecule has 0 heterocycles. The van der Waals surface area contributed by atoms with Gasteiger partial charge in [-0.25, -0.2) is 0 Å². The molecule has 0 rings (SSSR count). The highest BCUT2D eigenvalue weighted by atomic mass is 16.5. The van der Waals surface area contributed by atoms with E-state index in [4.69, 9.17) is 4.74 Å². The molecule has 0 aromatic carbocycles. The van der Waals surface area contributed by atoms with E-state index in [1.165, 1.54) is 347 Å². The van der Waals surface area contributed by atoms with Gasteiger partial charge in [-0.15, -0.1) is 0 Å². The number of hydrogen-bond acceptors (Lipinski definition) is 5. The summed E-state index contributed by atoms with van der Waals surface area (Å²) >= 11 is 0. The number of aliphatic hydroxyl groups excluding tert-OH is 2. The second-order valence-electron chi connectivity index (χ2n) is 25.3. The van der Waals surface area contributed by atoms with Crippen LogP contribution in [-0.2, 0) is 14.3 Å². The summed E-state index contributed by atoms with van der Waals surface area (Å²) in [7, 11) is 0. The first-order chi connectivity index (χ1) is 39.0. The predicted molar refractivity (Wildman–Crippen MR) is 347 cm³/mol. The van der Waals surface area contributed by atoms with Crippen LogP contribution in [0.25, 0.3) is 0 Å². The van der Waals surface area contributed by atoms with Gasteiger partial charge in [0.1, 0.15) is 0 Å². The van der Waals surface area contributed by atoms with Crippen molar-refractivity contribution in [3.05, 3.63) is 12.2 Å². The SMILES string of the molecule is CCCCCCCCCCCCCCCCCCCCCC(O)C(CO)NC(=O)CCCCCCCCCCCCCCCC/C=C\CCCCCCCCCCCCCCOC(=O)CCCCCCCCCCCCCCC. The van der Waals surface area contributed by atoms with Crippen LogP contribution in [0.4, 0.5) is 0 Å². The van der Waals surface area contributed by atoms with E-state index in [2.05, 4.69) is 31.3 Å². The molecule has 1 amide bonds. The van der Waals surface area contributed by atoms with Crippen molar-refractivity contribution in [2.75, 3.05) is 13.2 Å². The van der Waals surface area contributed by atoms with Crippen LogP contribution in [0.5, 0.6) is 0 Å². The van der Waals surface area contributed by atoms with Crippen LogP contribution >= 0.6 is 0 Å². The van der Waals surface area contributed by atoms with Crippen LogP contribution in [0.15, 0.2) is 12.2 Å². The zero-order valence-corrected chi connectivity index (χ0v) is 53.9. The minimum atomic E-state index is -0.663. The standard InChI is InChI=1S/C73H143NO5/c1-3-5-7-9-11-13-15-17-18-19-32-35-38-42-45-49-53-57-61-65-71(76)70(69-75)74-72(77)66-62-58-54-50-46-43-39-36-33-30-28-26-24-22-20-21-23-25-27-29-31-34-37-40-44-48-52-56-60-64-68-79-73(78)67-63-59-55-51-47-41-16-14-12-10-8-6-4-2/h21,23,70-71,75-76H,3-20,22,24-69H2,1-2H3,(H,74,77)/b23-21-. The first-order valence-electron chi connectivity index (χ1n) is 36.4. The molecular weight excluding hydrogens is 971 g/mol. The number of hydrogen-bond donors (Lipinski definition) is 3. The van der Waals surface area contributed by atoms with Gasteiger partial charge in [-0.3, -0.25) is 9.59 Å². The van der Waals surface area contributed by atoms with E-state index in [1.807, 2.05) is 0 Å². The van der Waals surface area contributed by atoms with Crippen molar-refractivity contribution in [3.8, 4) is 0 Å². The average Bonchev–Trinajstić information content (AvgIpc) is 3.45. The van der Waals surface area contributed by atoms with Crippen LogP contribution in [0.2, 0.25) is 0 Å². The smallest absolute Gasteiger partial charge is 0.305 e. The molecule has 79 heavy (non-hydrogen) atoms. The monoisotopic (exact) mass is 1110 g/mol. The normalized spacial score (nSPS) is 12.5. The molecule has 2 atom stereocenters. The molecular formula is C73H143NO5. The molecule has 0 saturated heterocycles. The number of nitrogens with one attached hydrogen (secondary N) is 1. The predicted octanol–water partition coefficient (Wildman–Crippen LogP) is 23.5. The Morgan fingerprint density at radius 3 is 0.899 bits per heavy atom. The number of unbranched alkanes of at least 4 members (excludes halogenated alkanes) is 56. The van der Waals surface area contributed by atoms with Crippen LogP contribution in [0, 0.1) is 0 Å². The molecule has 0 fully saturated rings. The number of carbonyl (C=O) groups is 2. The Hall–Kier alpha value is -1.40. The van der Waals surface area contributed by atoms with Crippen molar-refractivity contribution < 1.29 is 24.5 Å². The van der Waals surface area contributed by atoms with Crippen LogP contribution < -0.4 is 5.32 Å². The second-order valence-corrected chi connectivity index (χ2v) is 25.3. The lowest BCUT2D eigenvalue weighted by Gasteiger charge is -2.22. The van der Waals surface area contributed by atoms with Gasteiger partial charge in [-0.1, -0.05) is 366 Å². The summed E-state index contributed by atoms with van der Waals surface area (Å²) in [5, 5.41) is 23.4. The Balaban J connectivity index is 3.36. The highest BCUT2D eigenvalue weighted by Gasteiger charge is 2.20. The molecule has 6 heteroatoms. The molecule has 0 aromatic rings. The quantitative estimate of drug-likeness (QED) is 0.0320. The summed E-state index contributed by atoms with van der Waals surface area (Å²) in [5.41, 5.74) is 0. The lowest BCUT2D eigenvalue weighted by Crippen LogP contribution is -2.45. The third kappa shape index (κ3) is 65.6. The molecule has 0 saturated carbocycles. The van der Waals surface area contributed by atoms with Gasteiger partial charge in [0.15, 0.2) is 0 Å². The maximum absolute atomic E-state index is 12.5. The molecule has 0 spiro atoms. The number of amides is 1. The number of ether oxygens (including phenoxy) is 1. The first-order valence-corrected chi connectivity index (χ1v) is 36.4. The molecule has 0 aliphatic heterocycles. The van der Waals surface area contributed by atoms with Gasteiger partial charge in [-0.05, 0) is 51.4 Å². The fourth-order valence-electron chi connectivity index (χ4n) is 11.8. The topological polar surface area (TPSA) is 95.9 Å². The highest BCUT2D eigenvalue weighted by molar-refractivity contribution is 5.76. The summed E-state index contributed by atoms with van der Waals surface area (Å²) in [5.74, 6) is -0.00907. The number of rotatable bonds is 69. The Kier molecular flexibility index (Phi) is 67.9. The Morgan fingerprint density at radius 2 is 0.595 bits per heavy atom. The number of aliphatic hydroxyl groups is 2. The third-order valence-corrected chi connectivity index (χ3v) is 17.3. The zero-order valence-electron chi connectivity index (χ0n) is 53.9. The molecule has 0 bridgehead atoms. The summed E-state index contributed by atoms with van der Waals surface area (Å²) in [4.78, 5) is 24.6. The number of carbonyl (C=O) groups excluding carboxylic acids is 2. The first kappa shape index (κ1) is 77.6. The van der Waals surface area contributed by atoms with Crippen molar-refractivity contribution in [2.45, 2.75) is 431 Å². The number of allylic oxidation sites excluding steroid dienone is 2. The van der Waals surface area contributed by atoms with E-state index in [0.29, 0.717) is 25.9 Å². The molecule has 470 valence electrons. The van der Waals surface area contributed by atoms with Gasteiger partial charge in [0.05, 0.1) is 25.4 Å². The van der Waals surface area contributed by atoms with Crippen LogP contribution in [-0.4, -0.2) is 47.4 Å². The van der Waals surface area contributed by atoms with E-state index < -0.39 is 12.1 Å². The van der Waals surface area contributed by atoms with Crippen LogP contribution in [0.1, 0.15) is 418 Å². The largest absolute Gasteiger partial charge is 0.466 e. The molecule has 0 aliphatic rings. The summed E-state index contributed by atoms with van der Waals surface area (Å²) in [6.45, 7) is 5.00. The minimum Gasteiger partial charge on any atom is -0.466 e. The summed E-state index contributed by atoms with van der Waals surface area (Å²) in [6.07, 6.45) is 85.6. The fraction of sp³-hybridized carbons (Fsp3) is 0.945. The van der Waals surface area contributed by atoms with Crippen LogP contribution in [0.3, 0.4) is 0 Å². The summed E-state index contributed by atoms with van der Waals surface area (Å²) in [6, 6.07) is -0.540. The second kappa shape index (κ2) is 69.1. The van der Waals surface area contributed by atoms with E-state index >= 15 is 0 Å². The maximum Gasteiger partial charge on any atom is 0.305 e. The molecule has 0 radical (unpaired) electrons. The lowest BCUT2D eigenvalue weighted by molar-refractivity contribution is -0.143. The van der Waals surface area contributed by atoms with E-state index in [1.54, 1.807) is 0 Å². The van der Waals surface area contributed by atoms with Gasteiger partial charge in [0.2, 0.25) is 5.91 Å². The molecule has 6 nitrogen and oxygen atoms in total. The maximum atomic E-state index is 12.5. The lowest BCUT2D eigenvalue weighted by atomic mass is 10.0. The van der Waals surface area contributed by atoms with E-state index in [9.17, 15) is 19.8 Å². The van der Waals surface area contributed by atoms with Crippen molar-refractivity contribution in [1.29, 1.82) is 0 Å².